The Morgan fingerprint density at radius 3 is 2.55 bits per heavy atom. The first-order valence-electron chi connectivity index (χ1n) is 10.3. The van der Waals surface area contributed by atoms with Crippen LogP contribution in [-0.2, 0) is 6.54 Å². The molecule has 5 nitrogen and oxygen atoms in total. The van der Waals surface area contributed by atoms with Gasteiger partial charge in [-0.25, -0.2) is 4.99 Å². The van der Waals surface area contributed by atoms with Crippen molar-refractivity contribution in [3.8, 4) is 5.75 Å². The fraction of sp³-hybridized carbons (Fsp3) is 0.667. The first-order valence-corrected chi connectivity index (χ1v) is 10.3. The maximum absolute atomic E-state index is 12.3. The minimum atomic E-state index is -4.35. The summed E-state index contributed by atoms with van der Waals surface area (Å²) >= 11 is 0. The quantitative estimate of drug-likeness (QED) is 0.396. The zero-order chi connectivity index (χ0) is 21.7. The number of benzene rings is 1. The summed E-state index contributed by atoms with van der Waals surface area (Å²) in [4.78, 5) is 6.96. The van der Waals surface area contributed by atoms with Gasteiger partial charge in [0, 0.05) is 12.6 Å². The van der Waals surface area contributed by atoms with Gasteiger partial charge in [-0.05, 0) is 64.0 Å². The SMILES string of the molecule is CCNC(=NCc1cccc(OCC(F)(F)F)c1)NC(C)CCCN(CC)CC. The number of hydrogen-bond acceptors (Lipinski definition) is 3. The molecule has 166 valence electrons. The Morgan fingerprint density at radius 1 is 1.21 bits per heavy atom. The number of alkyl halides is 3. The predicted octanol–water partition coefficient (Wildman–Crippen LogP) is 4.19. The second kappa shape index (κ2) is 13.3. The monoisotopic (exact) mass is 416 g/mol. The van der Waals surface area contributed by atoms with Crippen molar-refractivity contribution >= 4 is 5.96 Å². The molecule has 1 aromatic rings. The van der Waals surface area contributed by atoms with Gasteiger partial charge in [0.2, 0.25) is 0 Å². The van der Waals surface area contributed by atoms with Crippen LogP contribution in [0.25, 0.3) is 0 Å². The van der Waals surface area contributed by atoms with Crippen molar-refractivity contribution in [2.24, 2.45) is 4.99 Å². The lowest BCUT2D eigenvalue weighted by Gasteiger charge is -2.21. The number of halogens is 3. The highest BCUT2D eigenvalue weighted by Crippen LogP contribution is 2.19. The fourth-order valence-corrected chi connectivity index (χ4v) is 2.86. The number of rotatable bonds is 12. The second-order valence-electron chi connectivity index (χ2n) is 6.96. The van der Waals surface area contributed by atoms with E-state index in [4.69, 9.17) is 4.74 Å². The Balaban J connectivity index is 2.58. The van der Waals surface area contributed by atoms with E-state index < -0.39 is 12.8 Å². The van der Waals surface area contributed by atoms with Crippen molar-refractivity contribution in [2.75, 3.05) is 32.8 Å². The number of hydrogen-bond donors (Lipinski definition) is 2. The Bertz CT molecular complexity index is 604. The van der Waals surface area contributed by atoms with E-state index in [0.29, 0.717) is 12.5 Å². The van der Waals surface area contributed by atoms with Crippen molar-refractivity contribution in [2.45, 2.75) is 59.3 Å². The van der Waals surface area contributed by atoms with Crippen molar-refractivity contribution in [3.63, 3.8) is 0 Å². The standard InChI is InChI=1S/C21H35F3N4O/c1-5-25-20(27-17(4)10-9-13-28(6-2)7-3)26-15-18-11-8-12-19(14-18)29-16-21(22,23)24/h8,11-12,14,17H,5-7,9-10,13,15-16H2,1-4H3,(H2,25,26,27). The predicted molar refractivity (Wildman–Crippen MR) is 112 cm³/mol. The Labute approximate surface area is 172 Å². The molecule has 0 aliphatic rings. The molecule has 1 atom stereocenters. The molecule has 0 saturated carbocycles. The van der Waals surface area contributed by atoms with Gasteiger partial charge < -0.3 is 20.3 Å². The number of nitrogens with zero attached hydrogens (tertiary/aromatic N) is 2. The highest BCUT2D eigenvalue weighted by Gasteiger charge is 2.28. The average Bonchev–Trinajstić information content (AvgIpc) is 2.68. The zero-order valence-corrected chi connectivity index (χ0v) is 18.0. The van der Waals surface area contributed by atoms with Crippen LogP contribution in [0.3, 0.4) is 0 Å². The molecule has 0 fully saturated rings. The first kappa shape index (κ1) is 25.1. The Kier molecular flexibility index (Phi) is 11.5. The maximum atomic E-state index is 12.3. The van der Waals surface area contributed by atoms with Crippen molar-refractivity contribution in [1.82, 2.24) is 15.5 Å². The van der Waals surface area contributed by atoms with Crippen LogP contribution in [0.4, 0.5) is 13.2 Å². The Morgan fingerprint density at radius 2 is 1.93 bits per heavy atom. The van der Waals surface area contributed by atoms with Crippen LogP contribution in [0.1, 0.15) is 46.1 Å². The van der Waals surface area contributed by atoms with Crippen molar-refractivity contribution in [1.29, 1.82) is 0 Å². The topological polar surface area (TPSA) is 48.9 Å². The molecule has 0 heterocycles. The minimum absolute atomic E-state index is 0.192. The second-order valence-corrected chi connectivity index (χ2v) is 6.96. The van der Waals surface area contributed by atoms with Gasteiger partial charge in [-0.1, -0.05) is 26.0 Å². The number of nitrogens with one attached hydrogen (secondary N) is 2. The van der Waals surface area contributed by atoms with Gasteiger partial charge in [0.05, 0.1) is 6.54 Å². The van der Waals surface area contributed by atoms with Crippen LogP contribution in [0.15, 0.2) is 29.3 Å². The third kappa shape index (κ3) is 11.6. The number of guanidine groups is 1. The van der Waals surface area contributed by atoms with Gasteiger partial charge in [0.1, 0.15) is 5.75 Å². The number of ether oxygens (including phenoxy) is 1. The summed E-state index contributed by atoms with van der Waals surface area (Å²) in [5.74, 6) is 0.891. The number of aliphatic imine (C=N–C) groups is 1. The molecule has 0 amide bonds. The minimum Gasteiger partial charge on any atom is -0.484 e. The smallest absolute Gasteiger partial charge is 0.422 e. The van der Waals surface area contributed by atoms with Crippen LogP contribution >= 0.6 is 0 Å². The summed E-state index contributed by atoms with van der Waals surface area (Å²) in [5.41, 5.74) is 0.788. The normalized spacial score (nSPS) is 13.4. The molecule has 1 unspecified atom stereocenters. The van der Waals surface area contributed by atoms with Crippen LogP contribution in [0, 0.1) is 0 Å². The lowest BCUT2D eigenvalue weighted by atomic mass is 10.2. The van der Waals surface area contributed by atoms with Crippen LogP contribution in [0.2, 0.25) is 0 Å². The summed E-state index contributed by atoms with van der Waals surface area (Å²) in [6.07, 6.45) is -2.22. The molecule has 0 saturated heterocycles. The van der Waals surface area contributed by atoms with Gasteiger partial charge in [-0.2, -0.15) is 13.2 Å². The molecule has 0 radical (unpaired) electrons. The van der Waals surface area contributed by atoms with E-state index in [1.165, 1.54) is 6.07 Å². The van der Waals surface area contributed by atoms with Gasteiger partial charge in [-0.15, -0.1) is 0 Å². The molecule has 8 heteroatoms. The third-order valence-corrected chi connectivity index (χ3v) is 4.45. The van der Waals surface area contributed by atoms with Crippen LogP contribution in [-0.4, -0.2) is 55.9 Å². The van der Waals surface area contributed by atoms with E-state index >= 15 is 0 Å². The molecule has 0 spiro atoms. The highest BCUT2D eigenvalue weighted by atomic mass is 19.4. The summed E-state index contributed by atoms with van der Waals surface area (Å²) in [5, 5.41) is 6.61. The fourth-order valence-electron chi connectivity index (χ4n) is 2.86. The van der Waals surface area contributed by atoms with Crippen LogP contribution in [0.5, 0.6) is 5.75 Å². The van der Waals surface area contributed by atoms with Crippen LogP contribution < -0.4 is 15.4 Å². The molecular formula is C21H35F3N4O. The van der Waals surface area contributed by atoms with Gasteiger partial charge >= 0.3 is 6.18 Å². The van der Waals surface area contributed by atoms with E-state index in [2.05, 4.69) is 41.3 Å². The summed E-state index contributed by atoms with van der Waals surface area (Å²) in [7, 11) is 0. The third-order valence-electron chi connectivity index (χ3n) is 4.45. The molecule has 1 rings (SSSR count). The molecule has 0 aromatic heterocycles. The van der Waals surface area contributed by atoms with E-state index in [1.807, 2.05) is 13.0 Å². The summed E-state index contributed by atoms with van der Waals surface area (Å²) in [6, 6.07) is 6.87. The molecule has 1 aromatic carbocycles. The molecule has 0 aliphatic heterocycles. The molecule has 0 aliphatic carbocycles. The van der Waals surface area contributed by atoms with Crippen molar-refractivity contribution < 1.29 is 17.9 Å². The highest BCUT2D eigenvalue weighted by molar-refractivity contribution is 5.80. The van der Waals surface area contributed by atoms with Crippen molar-refractivity contribution in [3.05, 3.63) is 29.8 Å². The van der Waals surface area contributed by atoms with Gasteiger partial charge in [0.15, 0.2) is 12.6 Å². The summed E-state index contributed by atoms with van der Waals surface area (Å²) < 4.78 is 41.7. The zero-order valence-electron chi connectivity index (χ0n) is 18.0. The largest absolute Gasteiger partial charge is 0.484 e. The lowest BCUT2D eigenvalue weighted by Crippen LogP contribution is -2.42. The lowest BCUT2D eigenvalue weighted by molar-refractivity contribution is -0.153. The van der Waals surface area contributed by atoms with E-state index in [1.54, 1.807) is 12.1 Å². The molecule has 0 bridgehead atoms. The van der Waals surface area contributed by atoms with E-state index in [9.17, 15) is 13.2 Å². The molecular weight excluding hydrogens is 381 g/mol. The first-order chi connectivity index (χ1) is 13.8. The van der Waals surface area contributed by atoms with E-state index in [-0.39, 0.29) is 11.8 Å². The molecule has 2 N–H and O–H groups in total. The summed E-state index contributed by atoms with van der Waals surface area (Å²) in [6.45, 7) is 11.5. The Hall–Kier alpha value is -1.96. The molecule has 29 heavy (non-hydrogen) atoms. The van der Waals surface area contributed by atoms with Gasteiger partial charge in [-0.3, -0.25) is 0 Å². The average molecular weight is 417 g/mol. The van der Waals surface area contributed by atoms with Gasteiger partial charge in [0.25, 0.3) is 0 Å². The maximum Gasteiger partial charge on any atom is 0.422 e. The van der Waals surface area contributed by atoms with E-state index in [0.717, 1.165) is 44.6 Å².